The normalized spacial score (nSPS) is 22.1. The first-order chi connectivity index (χ1) is 44.5. The molecule has 0 saturated carbocycles. The summed E-state index contributed by atoms with van der Waals surface area (Å²) < 4.78 is 5.49. The fraction of sp³-hybridized carbons (Fsp3) is 0.689. The van der Waals surface area contributed by atoms with Gasteiger partial charge in [-0.2, -0.15) is 0 Å². The first kappa shape index (κ1) is 82.1. The van der Waals surface area contributed by atoms with Crippen LogP contribution in [0, 0.1) is 11.8 Å². The summed E-state index contributed by atoms with van der Waals surface area (Å²) in [7, 11) is 0. The Bertz CT molecular complexity index is 2640. The Labute approximate surface area is 548 Å². The van der Waals surface area contributed by atoms with Crippen molar-refractivity contribution in [1.29, 1.82) is 0 Å². The van der Waals surface area contributed by atoms with E-state index in [2.05, 4.69) is 72.3 Å². The van der Waals surface area contributed by atoms with Gasteiger partial charge in [-0.1, -0.05) is 77.3 Å². The van der Waals surface area contributed by atoms with Crippen molar-refractivity contribution in [3.8, 4) is 0 Å². The zero-order valence-electron chi connectivity index (χ0n) is 55.0. The summed E-state index contributed by atoms with van der Waals surface area (Å²) in [5.41, 5.74) is 36.0. The van der Waals surface area contributed by atoms with Crippen molar-refractivity contribution in [1.82, 2.24) is 58.5 Å². The molecule has 1 aliphatic rings. The Balaban J connectivity index is 2.80. The average Bonchev–Trinajstić information content (AvgIpc) is 0.962. The van der Waals surface area contributed by atoms with Crippen LogP contribution in [0.3, 0.4) is 0 Å². The molecule has 1 heterocycles. The Morgan fingerprint density at radius 1 is 0.585 bits per heavy atom. The van der Waals surface area contributed by atoms with E-state index in [4.69, 9.17) is 39.1 Å². The number of amides is 11. The molecule has 14 atom stereocenters. The Morgan fingerprint density at radius 2 is 1.10 bits per heavy atom. The number of hydrogen-bond donors (Lipinski definition) is 19. The van der Waals surface area contributed by atoms with Crippen LogP contribution in [0.25, 0.3) is 0 Å². The minimum absolute atomic E-state index is 0.0182. The summed E-state index contributed by atoms with van der Waals surface area (Å²) in [6, 6.07) is -8.63. The van der Waals surface area contributed by atoms with Crippen LogP contribution in [0.2, 0.25) is 0 Å². The maximum atomic E-state index is 14.7. The van der Waals surface area contributed by atoms with E-state index < -0.39 is 175 Å². The molecule has 0 aromatic heterocycles. The molecule has 1 saturated heterocycles. The molecule has 0 unspecified atom stereocenters. The topological polar surface area (TPSA) is 560 Å². The van der Waals surface area contributed by atoms with E-state index in [1.165, 1.54) is 13.8 Å². The number of hydrogen-bond acceptors (Lipinski definition) is 21. The van der Waals surface area contributed by atoms with Gasteiger partial charge in [0.05, 0.1) is 6.10 Å². The predicted molar refractivity (Wildman–Crippen MR) is 345 cm³/mol. The molecule has 1 aromatic carbocycles. The van der Waals surface area contributed by atoms with Gasteiger partial charge in [0.15, 0.2) is 0 Å². The number of nitrogens with two attached hydrogens (primary N) is 6. The Morgan fingerprint density at radius 3 is 1.62 bits per heavy atom. The lowest BCUT2D eigenvalue weighted by atomic mass is 10.00. The van der Waals surface area contributed by atoms with E-state index >= 15 is 0 Å². The van der Waals surface area contributed by atoms with E-state index in [0.29, 0.717) is 17.9 Å². The number of carbonyl (C=O) groups excluding carboxylic acids is 12. The van der Waals surface area contributed by atoms with Crippen molar-refractivity contribution >= 4 is 76.9 Å². The third-order valence-corrected chi connectivity index (χ3v) is 15.5. The lowest BCUT2D eigenvalue weighted by Gasteiger charge is -2.30. The second-order valence-electron chi connectivity index (χ2n) is 24.0. The molecule has 25 N–H and O–H groups in total. The molecule has 0 spiro atoms. The van der Waals surface area contributed by atoms with Gasteiger partial charge in [-0.15, -0.1) is 0 Å². The molecule has 33 heteroatoms. The maximum Gasteiger partial charge on any atom is 0.323 e. The third-order valence-electron chi connectivity index (χ3n) is 15.5. The molecule has 0 aliphatic carbocycles. The summed E-state index contributed by atoms with van der Waals surface area (Å²) in [4.78, 5) is 181. The van der Waals surface area contributed by atoms with Gasteiger partial charge < -0.3 is 108 Å². The SMILES string of the molecule is CC[C@H](C)CCCCC(=O)N[C@@H](CCN)C(=O)N[C@H](C(=O)N[C@@H](CCN)C(=O)N[C@H]1CCNC(=O)[C@H]([C@@H](C)O)NC(=O)[C@H](CCN)NC(=O)[C@H](CCN)NC(=O)[C@H](CC(C)C)NC(=O)[C@@H](Cc2ccccc2)NC(=O)[C@H](CCN)NC1=O)[C@H](C)OC(=O)[C@@H](N)CCC(=O)O. The molecule has 33 nitrogen and oxygen atoms in total. The smallest absolute Gasteiger partial charge is 0.323 e. The number of rotatable bonds is 34. The van der Waals surface area contributed by atoms with Gasteiger partial charge in [0.25, 0.3) is 0 Å². The Kier molecular flexibility index (Phi) is 38.3. The second kappa shape index (κ2) is 43.9. The van der Waals surface area contributed by atoms with Crippen molar-refractivity contribution in [2.24, 2.45) is 46.2 Å². The van der Waals surface area contributed by atoms with Crippen molar-refractivity contribution in [3.63, 3.8) is 0 Å². The van der Waals surface area contributed by atoms with E-state index in [1.807, 2.05) is 0 Å². The molecule has 1 aromatic rings. The average molecular weight is 1330 g/mol. The zero-order valence-corrected chi connectivity index (χ0v) is 55.0. The highest BCUT2D eigenvalue weighted by Crippen LogP contribution is 2.15. The van der Waals surface area contributed by atoms with Crippen LogP contribution in [0.5, 0.6) is 0 Å². The molecule has 1 aliphatic heterocycles. The zero-order chi connectivity index (χ0) is 70.6. The largest absolute Gasteiger partial charge is 0.481 e. The highest BCUT2D eigenvalue weighted by atomic mass is 16.5. The lowest BCUT2D eigenvalue weighted by molar-refractivity contribution is -0.154. The van der Waals surface area contributed by atoms with E-state index in [-0.39, 0.29) is 96.4 Å². The third kappa shape index (κ3) is 30.0. The number of carbonyl (C=O) groups is 13. The molecule has 1 fully saturated rings. The van der Waals surface area contributed by atoms with Crippen LogP contribution < -0.4 is 92.9 Å². The van der Waals surface area contributed by atoms with Crippen LogP contribution in [0.1, 0.15) is 137 Å². The van der Waals surface area contributed by atoms with Crippen LogP contribution in [-0.4, -0.2) is 205 Å². The maximum absolute atomic E-state index is 14.7. The van der Waals surface area contributed by atoms with Crippen molar-refractivity contribution in [2.75, 3.05) is 39.3 Å². The number of benzene rings is 1. The summed E-state index contributed by atoms with van der Waals surface area (Å²) in [5, 5.41) is 48.1. The number of nitrogens with one attached hydrogen (secondary N) is 11. The number of aliphatic carboxylic acids is 1. The molecule has 94 heavy (non-hydrogen) atoms. The van der Waals surface area contributed by atoms with Gasteiger partial charge >= 0.3 is 11.9 Å². The molecule has 530 valence electrons. The second-order valence-corrected chi connectivity index (χ2v) is 24.0. The van der Waals surface area contributed by atoms with Gasteiger partial charge in [-0.25, -0.2) is 0 Å². The number of carboxylic acids is 1. The van der Waals surface area contributed by atoms with E-state index in [9.17, 15) is 72.5 Å². The van der Waals surface area contributed by atoms with Crippen LogP contribution in [-0.2, 0) is 73.5 Å². The number of ether oxygens (including phenoxy) is 1. The minimum Gasteiger partial charge on any atom is -0.481 e. The number of unbranched alkanes of at least 4 members (excludes halogenated alkanes) is 1. The summed E-state index contributed by atoms with van der Waals surface area (Å²) >= 11 is 0. The fourth-order valence-corrected chi connectivity index (χ4v) is 9.85. The first-order valence-corrected chi connectivity index (χ1v) is 32.2. The van der Waals surface area contributed by atoms with Crippen LogP contribution in [0.4, 0.5) is 0 Å². The fourth-order valence-electron chi connectivity index (χ4n) is 9.85. The quantitative estimate of drug-likeness (QED) is 0.0226. The van der Waals surface area contributed by atoms with Crippen LogP contribution in [0.15, 0.2) is 30.3 Å². The summed E-state index contributed by atoms with van der Waals surface area (Å²) in [5.74, 6) is -12.6. The van der Waals surface area contributed by atoms with Gasteiger partial charge in [0.2, 0.25) is 65.0 Å². The van der Waals surface area contributed by atoms with E-state index in [1.54, 1.807) is 44.2 Å². The molecular weight excluding hydrogens is 1230 g/mol. The molecule has 0 bridgehead atoms. The molecule has 2 rings (SSSR count). The van der Waals surface area contributed by atoms with E-state index in [0.717, 1.165) is 19.3 Å². The van der Waals surface area contributed by atoms with Crippen molar-refractivity contribution in [3.05, 3.63) is 35.9 Å². The summed E-state index contributed by atoms with van der Waals surface area (Å²) in [6.07, 6.45) is -2.79. The molecule has 0 radical (unpaired) electrons. The number of esters is 1. The standard InChI is InChI=1S/C61H105N17O16/c1-7-34(4)13-11-12-16-47(80)69-39(19-25-62)55(87)78-50(36(6)94-61(93)38(67)17-18-48(81)82)60(92)74-42(22-28-65)52(84)73-44-24-30-68-59(91)49(35(5)79)77-56(88)43(23-29-66)71-51(83)40(20-26-63)72-57(89)45(31-33(2)3)75-58(90)46(32-37-14-9-8-10-15-37)76-53(85)41(21-27-64)70-54(44)86/h8-10,14-15,33-36,38-46,49-50,79H,7,11-13,16-32,62-67H2,1-6H3,(H,68,91)(H,69,80)(H,70,86)(H,71,83)(H,72,89)(H,73,84)(H,74,92)(H,75,90)(H,76,85)(H,77,88)(H,78,87)(H,81,82)/t34-,35+,36-,38-,39-,40-,41-,42-,43-,44-,45-,46+,49-,50-/m0/s1. The van der Waals surface area contributed by atoms with Crippen LogP contribution >= 0.6 is 0 Å². The van der Waals surface area contributed by atoms with Gasteiger partial charge in [-0.3, -0.25) is 62.3 Å². The highest BCUT2D eigenvalue weighted by Gasteiger charge is 2.39. The van der Waals surface area contributed by atoms with Gasteiger partial charge in [-0.05, 0) is 122 Å². The predicted octanol–water partition coefficient (Wildman–Crippen LogP) is -5.50. The monoisotopic (exact) mass is 1330 g/mol. The molecular formula is C61H105N17O16. The van der Waals surface area contributed by atoms with Crippen molar-refractivity contribution in [2.45, 2.75) is 217 Å². The lowest BCUT2D eigenvalue weighted by Crippen LogP contribution is -2.62. The number of aliphatic hydroxyl groups excluding tert-OH is 1. The first-order valence-electron chi connectivity index (χ1n) is 32.2. The summed E-state index contributed by atoms with van der Waals surface area (Å²) in [6.45, 7) is 8.56. The van der Waals surface area contributed by atoms with Gasteiger partial charge in [0.1, 0.15) is 72.6 Å². The Hall–Kier alpha value is -7.95. The van der Waals surface area contributed by atoms with Crippen molar-refractivity contribution < 1.29 is 77.3 Å². The number of aliphatic hydroxyl groups is 1. The highest BCUT2D eigenvalue weighted by molar-refractivity contribution is 5.99. The van der Waals surface area contributed by atoms with Gasteiger partial charge in [0, 0.05) is 25.8 Å². The number of carboxylic acid groups (broad SMARTS) is 1. The molecule has 11 amide bonds. The minimum atomic E-state index is -1.88.